The summed E-state index contributed by atoms with van der Waals surface area (Å²) in [7, 11) is 0. The van der Waals surface area contributed by atoms with E-state index in [0.29, 0.717) is 21.9 Å². The summed E-state index contributed by atoms with van der Waals surface area (Å²) in [6, 6.07) is 5.13. The maximum absolute atomic E-state index is 11.3. The van der Waals surface area contributed by atoms with Crippen molar-refractivity contribution in [1.82, 2.24) is 4.98 Å². The molecule has 3 nitrogen and oxygen atoms in total. The van der Waals surface area contributed by atoms with Gasteiger partial charge in [0.05, 0.1) is 5.88 Å². The van der Waals surface area contributed by atoms with Crippen LogP contribution in [0.2, 0.25) is 0 Å². The van der Waals surface area contributed by atoms with Crippen LogP contribution < -0.4 is 0 Å². The lowest BCUT2D eigenvalue weighted by Crippen LogP contribution is -1.99. The van der Waals surface area contributed by atoms with E-state index in [1.165, 1.54) is 11.8 Å². The largest absolute Gasteiger partial charge is 0.431 e. The van der Waals surface area contributed by atoms with E-state index in [9.17, 15) is 4.79 Å². The van der Waals surface area contributed by atoms with Crippen molar-refractivity contribution in [3.8, 4) is 0 Å². The first-order valence-corrected chi connectivity index (χ1v) is 6.04. The maximum atomic E-state index is 11.3. The van der Waals surface area contributed by atoms with Crippen LogP contribution in [0, 0.1) is 0 Å². The van der Waals surface area contributed by atoms with Crippen molar-refractivity contribution >= 4 is 40.2 Å². The molecule has 0 N–H and O–H groups in total. The fourth-order valence-corrected chi connectivity index (χ4v) is 1.76. The third kappa shape index (κ3) is 2.01. The van der Waals surface area contributed by atoms with E-state index in [0.717, 1.165) is 0 Å². The number of Topliss-reactive ketones (excluding diaryl/α,β-unsaturated/α-hetero) is 1. The lowest BCUT2D eigenvalue weighted by Gasteiger charge is -1.94. The molecule has 0 atom stereocenters. The molecule has 0 fully saturated rings. The number of ketones is 1. The van der Waals surface area contributed by atoms with Crippen LogP contribution in [0.3, 0.4) is 0 Å². The Bertz CT molecular complexity index is 509. The average Bonchev–Trinajstić information content (AvgIpc) is 2.69. The van der Waals surface area contributed by atoms with Crippen LogP contribution >= 0.6 is 23.4 Å². The Morgan fingerprint density at radius 3 is 3.07 bits per heavy atom. The highest BCUT2D eigenvalue weighted by atomic mass is 35.5. The van der Waals surface area contributed by atoms with Crippen LogP contribution in [0.1, 0.15) is 10.4 Å². The summed E-state index contributed by atoms with van der Waals surface area (Å²) in [5.74, 6) is -0.120. The van der Waals surface area contributed by atoms with E-state index in [1.807, 2.05) is 6.26 Å². The molecule has 0 aliphatic heterocycles. The number of oxazole rings is 1. The first kappa shape index (κ1) is 10.5. The number of fused-ring (bicyclic) bond motifs is 1. The molecule has 0 saturated carbocycles. The van der Waals surface area contributed by atoms with E-state index in [2.05, 4.69) is 4.98 Å². The van der Waals surface area contributed by atoms with Crippen LogP contribution in [0.25, 0.3) is 11.1 Å². The lowest BCUT2D eigenvalue weighted by molar-refractivity contribution is 0.102. The summed E-state index contributed by atoms with van der Waals surface area (Å²) in [5, 5.41) is 0.598. The normalized spacial score (nSPS) is 10.8. The van der Waals surface area contributed by atoms with Crippen molar-refractivity contribution in [2.24, 2.45) is 0 Å². The van der Waals surface area contributed by atoms with Gasteiger partial charge in [0.15, 0.2) is 11.4 Å². The predicted octanol–water partition coefficient (Wildman–Crippen LogP) is 2.97. The van der Waals surface area contributed by atoms with Gasteiger partial charge >= 0.3 is 0 Å². The Balaban J connectivity index is 2.50. The Hall–Kier alpha value is -1.00. The molecular weight excluding hydrogens is 234 g/mol. The molecule has 1 heterocycles. The quantitative estimate of drug-likeness (QED) is 0.471. The summed E-state index contributed by atoms with van der Waals surface area (Å²) >= 11 is 6.90. The number of thioether (sulfide) groups is 1. The zero-order valence-electron chi connectivity index (χ0n) is 7.99. The van der Waals surface area contributed by atoms with Gasteiger partial charge in [-0.15, -0.1) is 11.6 Å². The molecule has 78 valence electrons. The predicted molar refractivity (Wildman–Crippen MR) is 60.8 cm³/mol. The zero-order valence-corrected chi connectivity index (χ0v) is 9.56. The molecule has 15 heavy (non-hydrogen) atoms. The zero-order chi connectivity index (χ0) is 10.8. The van der Waals surface area contributed by atoms with Gasteiger partial charge in [-0.3, -0.25) is 4.79 Å². The van der Waals surface area contributed by atoms with Crippen LogP contribution in [-0.4, -0.2) is 22.9 Å². The Kier molecular flexibility index (Phi) is 2.98. The highest BCUT2D eigenvalue weighted by molar-refractivity contribution is 7.98. The molecule has 0 amide bonds. The number of hydrogen-bond acceptors (Lipinski definition) is 4. The summed E-state index contributed by atoms with van der Waals surface area (Å²) in [6.07, 6.45) is 1.88. The highest BCUT2D eigenvalue weighted by Gasteiger charge is 2.09. The standard InChI is InChI=1S/C10H8ClNO2S/c1-15-10-12-7-4-6(8(13)5-11)2-3-9(7)14-10/h2-4H,5H2,1H3. The molecule has 0 unspecified atom stereocenters. The SMILES string of the molecule is CSc1nc2cc(C(=O)CCl)ccc2o1. The lowest BCUT2D eigenvalue weighted by atomic mass is 10.1. The third-order valence-electron chi connectivity index (χ3n) is 1.99. The highest BCUT2D eigenvalue weighted by Crippen LogP contribution is 2.22. The van der Waals surface area contributed by atoms with Crippen LogP contribution in [-0.2, 0) is 0 Å². The second kappa shape index (κ2) is 4.24. The van der Waals surface area contributed by atoms with Gasteiger partial charge in [0.1, 0.15) is 5.52 Å². The number of benzene rings is 1. The van der Waals surface area contributed by atoms with Gasteiger partial charge < -0.3 is 4.42 Å². The summed E-state index contributed by atoms with van der Waals surface area (Å²) < 4.78 is 5.39. The smallest absolute Gasteiger partial charge is 0.256 e. The van der Waals surface area contributed by atoms with Crippen molar-refractivity contribution in [1.29, 1.82) is 0 Å². The number of rotatable bonds is 3. The molecule has 5 heteroatoms. The minimum absolute atomic E-state index is 0.0151. The van der Waals surface area contributed by atoms with Crippen LogP contribution in [0.5, 0.6) is 0 Å². The molecule has 0 aliphatic rings. The Morgan fingerprint density at radius 2 is 2.40 bits per heavy atom. The topological polar surface area (TPSA) is 43.1 Å². The Morgan fingerprint density at radius 1 is 1.60 bits per heavy atom. The first-order valence-electron chi connectivity index (χ1n) is 4.28. The average molecular weight is 242 g/mol. The molecule has 1 aromatic carbocycles. The van der Waals surface area contributed by atoms with Crippen molar-refractivity contribution in [3.05, 3.63) is 23.8 Å². The molecule has 0 radical (unpaired) electrons. The van der Waals surface area contributed by atoms with Gasteiger partial charge in [0.25, 0.3) is 5.22 Å². The number of halogens is 1. The molecule has 0 spiro atoms. The second-order valence-electron chi connectivity index (χ2n) is 2.92. The first-order chi connectivity index (χ1) is 7.24. The van der Waals surface area contributed by atoms with Gasteiger partial charge in [-0.25, -0.2) is 4.98 Å². The molecule has 2 rings (SSSR count). The number of carbonyl (C=O) groups is 1. The fraction of sp³-hybridized carbons (Fsp3) is 0.200. The maximum Gasteiger partial charge on any atom is 0.256 e. The number of aromatic nitrogens is 1. The van der Waals surface area contributed by atoms with Crippen molar-refractivity contribution in [3.63, 3.8) is 0 Å². The Labute approximate surface area is 95.8 Å². The van der Waals surface area contributed by atoms with E-state index in [1.54, 1.807) is 18.2 Å². The van der Waals surface area contributed by atoms with Crippen LogP contribution in [0.4, 0.5) is 0 Å². The summed E-state index contributed by atoms with van der Waals surface area (Å²) in [6.45, 7) is 0. The van der Waals surface area contributed by atoms with E-state index < -0.39 is 0 Å². The van der Waals surface area contributed by atoms with Gasteiger partial charge in [-0.2, -0.15) is 0 Å². The van der Waals surface area contributed by atoms with E-state index in [4.69, 9.17) is 16.0 Å². The van der Waals surface area contributed by atoms with Crippen molar-refractivity contribution in [2.75, 3.05) is 12.1 Å². The van der Waals surface area contributed by atoms with Crippen molar-refractivity contribution < 1.29 is 9.21 Å². The van der Waals surface area contributed by atoms with Gasteiger partial charge in [0.2, 0.25) is 0 Å². The minimum Gasteiger partial charge on any atom is -0.431 e. The summed E-state index contributed by atoms with van der Waals surface area (Å²) in [4.78, 5) is 15.5. The van der Waals surface area contributed by atoms with Gasteiger partial charge in [0, 0.05) is 5.56 Å². The molecule has 1 aromatic heterocycles. The molecule has 0 aliphatic carbocycles. The molecule has 0 saturated heterocycles. The third-order valence-corrected chi connectivity index (χ3v) is 2.75. The number of nitrogens with zero attached hydrogens (tertiary/aromatic N) is 1. The fourth-order valence-electron chi connectivity index (χ4n) is 1.24. The monoisotopic (exact) mass is 241 g/mol. The number of hydrogen-bond donors (Lipinski definition) is 0. The summed E-state index contributed by atoms with van der Waals surface area (Å²) in [5.41, 5.74) is 1.94. The second-order valence-corrected chi connectivity index (χ2v) is 3.95. The molecule has 2 aromatic rings. The minimum atomic E-state index is -0.104. The number of carbonyl (C=O) groups excluding carboxylic acids is 1. The van der Waals surface area contributed by atoms with Crippen molar-refractivity contribution in [2.45, 2.75) is 5.22 Å². The van der Waals surface area contributed by atoms with Crippen LogP contribution in [0.15, 0.2) is 27.8 Å². The number of alkyl halides is 1. The van der Waals surface area contributed by atoms with E-state index in [-0.39, 0.29) is 11.7 Å². The van der Waals surface area contributed by atoms with E-state index >= 15 is 0 Å². The molecular formula is C10H8ClNO2S. The van der Waals surface area contributed by atoms with Gasteiger partial charge in [-0.1, -0.05) is 11.8 Å². The molecule has 0 bridgehead atoms. The van der Waals surface area contributed by atoms with Gasteiger partial charge in [-0.05, 0) is 24.5 Å².